The van der Waals surface area contributed by atoms with Crippen LogP contribution in [0.25, 0.3) is 0 Å². The predicted octanol–water partition coefficient (Wildman–Crippen LogP) is 1.99. The summed E-state index contributed by atoms with van der Waals surface area (Å²) in [6, 6.07) is 8.75. The van der Waals surface area contributed by atoms with Crippen LogP contribution in [0.2, 0.25) is 0 Å². The minimum Gasteiger partial charge on any atom is -0.391 e. The normalized spacial score (nSPS) is 25.7. The van der Waals surface area contributed by atoms with Gasteiger partial charge >= 0.3 is 0 Å². The molecule has 2 aliphatic rings. The van der Waals surface area contributed by atoms with Crippen LogP contribution < -0.4 is 0 Å². The maximum atomic E-state index is 12.4. The Hall–Kier alpha value is -1.39. The van der Waals surface area contributed by atoms with Crippen LogP contribution >= 0.6 is 0 Å². The summed E-state index contributed by atoms with van der Waals surface area (Å²) in [6.45, 7) is 5.48. The molecule has 1 aliphatic heterocycles. The number of carbonyl (C=O) groups is 1. The molecule has 0 bridgehead atoms. The summed E-state index contributed by atoms with van der Waals surface area (Å²) < 4.78 is 0. The lowest BCUT2D eigenvalue weighted by atomic mass is 10.1. The van der Waals surface area contributed by atoms with E-state index in [0.29, 0.717) is 12.5 Å². The third kappa shape index (κ3) is 4.12. The average Bonchev–Trinajstić information content (AvgIpc) is 3.00. The molecule has 4 heteroatoms. The van der Waals surface area contributed by atoms with E-state index in [-0.39, 0.29) is 12.0 Å². The number of aliphatic hydroxyl groups excluding tert-OH is 1. The molecule has 1 saturated heterocycles. The second-order valence-electron chi connectivity index (χ2n) is 6.97. The SMILES string of the molecule is Cc1ccc(CCC(=O)N2CCN([C@@H]3CCC[C@@H]3O)CC2)cc1. The van der Waals surface area contributed by atoms with E-state index in [4.69, 9.17) is 0 Å². The number of hydrogen-bond acceptors (Lipinski definition) is 3. The molecule has 126 valence electrons. The van der Waals surface area contributed by atoms with Crippen molar-refractivity contribution in [1.29, 1.82) is 0 Å². The van der Waals surface area contributed by atoms with Crippen LogP contribution in [-0.4, -0.2) is 59.1 Å². The number of benzene rings is 1. The van der Waals surface area contributed by atoms with Gasteiger partial charge in [-0.25, -0.2) is 0 Å². The van der Waals surface area contributed by atoms with Gasteiger partial charge in [0.25, 0.3) is 0 Å². The molecule has 0 unspecified atom stereocenters. The standard InChI is InChI=1S/C19H28N2O2/c1-15-5-7-16(8-6-15)9-10-19(23)21-13-11-20(12-14-21)17-3-2-4-18(17)22/h5-8,17-18,22H,2-4,9-14H2,1H3/t17-,18+/m1/s1. The van der Waals surface area contributed by atoms with Crippen molar-refractivity contribution >= 4 is 5.91 Å². The Kier molecular flexibility index (Phi) is 5.34. The van der Waals surface area contributed by atoms with Crippen LogP contribution in [0, 0.1) is 6.92 Å². The molecular weight excluding hydrogens is 288 g/mol. The summed E-state index contributed by atoms with van der Waals surface area (Å²) in [5.41, 5.74) is 2.49. The molecule has 0 spiro atoms. The first-order valence-electron chi connectivity index (χ1n) is 8.89. The molecular formula is C19H28N2O2. The van der Waals surface area contributed by atoms with Crippen LogP contribution in [0.1, 0.15) is 36.8 Å². The molecule has 1 aliphatic carbocycles. The summed E-state index contributed by atoms with van der Waals surface area (Å²) >= 11 is 0. The van der Waals surface area contributed by atoms with Gasteiger partial charge in [0.2, 0.25) is 5.91 Å². The third-order valence-electron chi connectivity index (χ3n) is 5.33. The number of hydrogen-bond donors (Lipinski definition) is 1. The zero-order valence-electron chi connectivity index (χ0n) is 14.1. The first-order valence-corrected chi connectivity index (χ1v) is 8.89. The van der Waals surface area contributed by atoms with Crippen LogP contribution in [0.4, 0.5) is 0 Å². The molecule has 1 heterocycles. The molecule has 1 aromatic carbocycles. The first kappa shape index (κ1) is 16.5. The molecule has 1 amide bonds. The number of amides is 1. The van der Waals surface area contributed by atoms with Crippen molar-refractivity contribution < 1.29 is 9.90 Å². The lowest BCUT2D eigenvalue weighted by molar-refractivity contribution is -0.133. The maximum absolute atomic E-state index is 12.4. The molecule has 2 fully saturated rings. The largest absolute Gasteiger partial charge is 0.391 e. The summed E-state index contributed by atoms with van der Waals surface area (Å²) in [7, 11) is 0. The zero-order valence-corrected chi connectivity index (χ0v) is 14.1. The van der Waals surface area contributed by atoms with E-state index in [1.54, 1.807) is 0 Å². The van der Waals surface area contributed by atoms with E-state index in [1.165, 1.54) is 11.1 Å². The Morgan fingerprint density at radius 1 is 1.13 bits per heavy atom. The van der Waals surface area contributed by atoms with E-state index in [9.17, 15) is 9.90 Å². The van der Waals surface area contributed by atoms with Gasteiger partial charge in [0.1, 0.15) is 0 Å². The van der Waals surface area contributed by atoms with E-state index in [2.05, 4.69) is 36.1 Å². The molecule has 4 nitrogen and oxygen atoms in total. The monoisotopic (exact) mass is 316 g/mol. The quantitative estimate of drug-likeness (QED) is 0.924. The van der Waals surface area contributed by atoms with Gasteiger partial charge in [0, 0.05) is 38.6 Å². The Bertz CT molecular complexity index is 521. The third-order valence-corrected chi connectivity index (χ3v) is 5.33. The van der Waals surface area contributed by atoms with Gasteiger partial charge in [0.15, 0.2) is 0 Å². The second-order valence-corrected chi connectivity index (χ2v) is 6.97. The zero-order chi connectivity index (χ0) is 16.2. The van der Waals surface area contributed by atoms with Crippen molar-refractivity contribution in [3.8, 4) is 0 Å². The fourth-order valence-electron chi connectivity index (χ4n) is 3.81. The summed E-state index contributed by atoms with van der Waals surface area (Å²) in [4.78, 5) is 16.8. The average molecular weight is 316 g/mol. The lowest BCUT2D eigenvalue weighted by Crippen LogP contribution is -2.53. The maximum Gasteiger partial charge on any atom is 0.222 e. The van der Waals surface area contributed by atoms with E-state index in [0.717, 1.165) is 51.9 Å². The molecule has 1 N–H and O–H groups in total. The van der Waals surface area contributed by atoms with Crippen molar-refractivity contribution in [3.63, 3.8) is 0 Å². The molecule has 0 aromatic heterocycles. The van der Waals surface area contributed by atoms with Crippen molar-refractivity contribution in [2.75, 3.05) is 26.2 Å². The molecule has 1 saturated carbocycles. The van der Waals surface area contributed by atoms with Crippen molar-refractivity contribution in [2.24, 2.45) is 0 Å². The first-order chi connectivity index (χ1) is 11.1. The number of piperazine rings is 1. The number of aryl methyl sites for hydroxylation is 2. The van der Waals surface area contributed by atoms with Crippen molar-refractivity contribution in [2.45, 2.75) is 51.2 Å². The fourth-order valence-corrected chi connectivity index (χ4v) is 3.81. The number of nitrogens with zero attached hydrogens (tertiary/aromatic N) is 2. The van der Waals surface area contributed by atoms with Crippen LogP contribution in [0.5, 0.6) is 0 Å². The molecule has 3 rings (SSSR count). The highest BCUT2D eigenvalue weighted by Gasteiger charge is 2.33. The Morgan fingerprint density at radius 3 is 2.43 bits per heavy atom. The minimum atomic E-state index is -0.168. The summed E-state index contributed by atoms with van der Waals surface area (Å²) in [5, 5.41) is 10.0. The van der Waals surface area contributed by atoms with Gasteiger partial charge < -0.3 is 10.0 Å². The van der Waals surface area contributed by atoms with E-state index in [1.807, 2.05) is 4.90 Å². The van der Waals surface area contributed by atoms with Crippen LogP contribution in [-0.2, 0) is 11.2 Å². The molecule has 23 heavy (non-hydrogen) atoms. The highest BCUT2D eigenvalue weighted by atomic mass is 16.3. The Balaban J connectivity index is 1.43. The summed E-state index contributed by atoms with van der Waals surface area (Å²) in [6.07, 6.45) is 4.40. The van der Waals surface area contributed by atoms with Gasteiger partial charge in [-0.15, -0.1) is 0 Å². The Morgan fingerprint density at radius 2 is 1.83 bits per heavy atom. The number of carbonyl (C=O) groups excluding carboxylic acids is 1. The smallest absolute Gasteiger partial charge is 0.222 e. The topological polar surface area (TPSA) is 43.8 Å². The van der Waals surface area contributed by atoms with Crippen molar-refractivity contribution in [1.82, 2.24) is 9.80 Å². The fraction of sp³-hybridized carbons (Fsp3) is 0.632. The highest BCUT2D eigenvalue weighted by molar-refractivity contribution is 5.76. The second kappa shape index (κ2) is 7.45. The molecule has 1 aromatic rings. The van der Waals surface area contributed by atoms with E-state index >= 15 is 0 Å². The summed E-state index contributed by atoms with van der Waals surface area (Å²) in [5.74, 6) is 0.261. The number of aliphatic hydroxyl groups is 1. The predicted molar refractivity (Wildman–Crippen MR) is 91.3 cm³/mol. The lowest BCUT2D eigenvalue weighted by Gasteiger charge is -2.39. The van der Waals surface area contributed by atoms with Gasteiger partial charge in [-0.3, -0.25) is 9.69 Å². The van der Waals surface area contributed by atoms with Crippen LogP contribution in [0.3, 0.4) is 0 Å². The minimum absolute atomic E-state index is 0.168. The van der Waals surface area contributed by atoms with Gasteiger partial charge in [-0.2, -0.15) is 0 Å². The molecule has 2 atom stereocenters. The van der Waals surface area contributed by atoms with Gasteiger partial charge in [0.05, 0.1) is 6.10 Å². The molecule has 0 radical (unpaired) electrons. The van der Waals surface area contributed by atoms with Gasteiger partial charge in [-0.05, 0) is 38.2 Å². The van der Waals surface area contributed by atoms with Crippen LogP contribution in [0.15, 0.2) is 24.3 Å². The highest BCUT2D eigenvalue weighted by Crippen LogP contribution is 2.25. The Labute approximate surface area is 139 Å². The number of rotatable bonds is 4. The van der Waals surface area contributed by atoms with E-state index < -0.39 is 0 Å². The van der Waals surface area contributed by atoms with Crippen molar-refractivity contribution in [3.05, 3.63) is 35.4 Å². The van der Waals surface area contributed by atoms with Gasteiger partial charge in [-0.1, -0.05) is 29.8 Å².